The number of aldehydes is 2. The molecule has 1 fully saturated rings. The summed E-state index contributed by atoms with van der Waals surface area (Å²) in [6, 6.07) is -0.958. The monoisotopic (exact) mass is 287 g/mol. The van der Waals surface area contributed by atoms with E-state index >= 15 is 0 Å². The molecule has 0 aromatic carbocycles. The second-order valence-corrected chi connectivity index (χ2v) is 4.46. The molecule has 1 saturated heterocycles. The molecule has 0 amide bonds. The topological polar surface area (TPSA) is 122 Å². The van der Waals surface area contributed by atoms with Crippen LogP contribution in [0.3, 0.4) is 0 Å². The van der Waals surface area contributed by atoms with Gasteiger partial charge in [-0.25, -0.2) is 0 Å². The molecule has 0 aromatic rings. The van der Waals surface area contributed by atoms with Crippen molar-refractivity contribution in [3.05, 3.63) is 0 Å². The van der Waals surface area contributed by atoms with Gasteiger partial charge in [-0.2, -0.15) is 0 Å². The minimum absolute atomic E-state index is 0.229. The quantitative estimate of drug-likeness (QED) is 0.494. The molecule has 1 aliphatic heterocycles. The van der Waals surface area contributed by atoms with Crippen molar-refractivity contribution in [1.82, 2.24) is 0 Å². The Morgan fingerprint density at radius 1 is 1.15 bits per heavy atom. The first-order valence-corrected chi connectivity index (χ1v) is 6.03. The van der Waals surface area contributed by atoms with Crippen molar-refractivity contribution in [3.63, 3.8) is 0 Å². The molecule has 1 aliphatic rings. The number of carbonyl (C=O) groups is 4. The molecule has 0 bridgehead atoms. The van der Waals surface area contributed by atoms with Gasteiger partial charge < -0.3 is 29.5 Å². The Morgan fingerprint density at radius 2 is 1.75 bits per heavy atom. The van der Waals surface area contributed by atoms with E-state index in [-0.39, 0.29) is 6.61 Å². The predicted molar refractivity (Wildman–Crippen MR) is 64.1 cm³/mol. The maximum absolute atomic E-state index is 11.1. The van der Waals surface area contributed by atoms with Crippen molar-refractivity contribution in [2.75, 3.05) is 6.61 Å². The summed E-state index contributed by atoms with van der Waals surface area (Å²) in [6.07, 6.45) is -1.02. The molecular formula is C12H17NO7. The van der Waals surface area contributed by atoms with Crippen LogP contribution < -0.4 is 5.73 Å². The second-order valence-electron chi connectivity index (χ2n) is 4.46. The maximum atomic E-state index is 11.1. The third-order valence-corrected chi connectivity index (χ3v) is 2.99. The van der Waals surface area contributed by atoms with Crippen LogP contribution in [0, 0.1) is 11.8 Å². The summed E-state index contributed by atoms with van der Waals surface area (Å²) in [5.41, 5.74) is 5.77. The van der Waals surface area contributed by atoms with Gasteiger partial charge in [-0.15, -0.1) is 0 Å². The highest BCUT2D eigenvalue weighted by atomic mass is 16.7. The van der Waals surface area contributed by atoms with E-state index in [1.165, 1.54) is 13.8 Å². The van der Waals surface area contributed by atoms with Gasteiger partial charge in [-0.3, -0.25) is 9.59 Å². The summed E-state index contributed by atoms with van der Waals surface area (Å²) in [5, 5.41) is 0. The minimum atomic E-state index is -1.17. The van der Waals surface area contributed by atoms with E-state index in [1.54, 1.807) is 0 Å². The summed E-state index contributed by atoms with van der Waals surface area (Å²) in [6.45, 7) is 2.14. The van der Waals surface area contributed by atoms with Crippen LogP contribution in [-0.2, 0) is 33.4 Å². The number of carbonyl (C=O) groups excluding carboxylic acids is 4. The highest BCUT2D eigenvalue weighted by Crippen LogP contribution is 2.28. The van der Waals surface area contributed by atoms with E-state index in [2.05, 4.69) is 0 Å². The Hall–Kier alpha value is -1.80. The normalized spacial score (nSPS) is 33.0. The van der Waals surface area contributed by atoms with Crippen molar-refractivity contribution < 1.29 is 33.4 Å². The Bertz CT molecular complexity index is 389. The zero-order valence-corrected chi connectivity index (χ0v) is 11.2. The lowest BCUT2D eigenvalue weighted by Crippen LogP contribution is -2.58. The summed E-state index contributed by atoms with van der Waals surface area (Å²) >= 11 is 0. The van der Waals surface area contributed by atoms with Gasteiger partial charge in [0.25, 0.3) is 0 Å². The minimum Gasteiger partial charge on any atom is -0.463 e. The number of hydrogen-bond acceptors (Lipinski definition) is 8. The van der Waals surface area contributed by atoms with Gasteiger partial charge in [0.15, 0.2) is 0 Å². The lowest BCUT2D eigenvalue weighted by Gasteiger charge is -2.40. The summed E-state index contributed by atoms with van der Waals surface area (Å²) in [7, 11) is 0. The number of nitrogens with two attached hydrogens (primary N) is 1. The molecule has 1 heterocycles. The average Bonchev–Trinajstić information content (AvgIpc) is 2.37. The van der Waals surface area contributed by atoms with Gasteiger partial charge in [0, 0.05) is 19.8 Å². The Balaban J connectivity index is 2.89. The first-order valence-electron chi connectivity index (χ1n) is 6.03. The Morgan fingerprint density at radius 3 is 2.20 bits per heavy atom. The van der Waals surface area contributed by atoms with E-state index in [0.717, 1.165) is 0 Å². The number of hydrogen-bond donors (Lipinski definition) is 1. The lowest BCUT2D eigenvalue weighted by atomic mass is 9.82. The van der Waals surface area contributed by atoms with Crippen molar-refractivity contribution in [3.8, 4) is 0 Å². The largest absolute Gasteiger partial charge is 0.463 e. The van der Waals surface area contributed by atoms with Crippen molar-refractivity contribution >= 4 is 24.5 Å². The van der Waals surface area contributed by atoms with Crippen LogP contribution >= 0.6 is 0 Å². The SMILES string of the molecule is CC(=O)OCC1O[C@@H](OC(C)=O)[C@@H](N)C(C=O)[C@H]1C=O. The number of esters is 2. The van der Waals surface area contributed by atoms with Crippen molar-refractivity contribution in [2.24, 2.45) is 17.6 Å². The molecule has 0 aromatic heterocycles. The van der Waals surface area contributed by atoms with Gasteiger partial charge in [-0.05, 0) is 0 Å². The van der Waals surface area contributed by atoms with Crippen LogP contribution in [0.15, 0.2) is 0 Å². The molecule has 0 saturated carbocycles. The summed E-state index contributed by atoms with van der Waals surface area (Å²) < 4.78 is 15.0. The van der Waals surface area contributed by atoms with Crippen LogP contribution in [0.4, 0.5) is 0 Å². The average molecular weight is 287 g/mol. The molecule has 2 unspecified atom stereocenters. The Kier molecular flexibility index (Phi) is 5.78. The van der Waals surface area contributed by atoms with Crippen LogP contribution in [0.25, 0.3) is 0 Å². The molecule has 1 rings (SSSR count). The molecular weight excluding hydrogens is 270 g/mol. The van der Waals surface area contributed by atoms with E-state index in [4.69, 9.17) is 19.9 Å². The van der Waals surface area contributed by atoms with Crippen molar-refractivity contribution in [2.45, 2.75) is 32.3 Å². The summed E-state index contributed by atoms with van der Waals surface area (Å²) in [5.74, 6) is -2.94. The van der Waals surface area contributed by atoms with E-state index < -0.39 is 42.2 Å². The van der Waals surface area contributed by atoms with Crippen LogP contribution in [0.2, 0.25) is 0 Å². The van der Waals surface area contributed by atoms with Gasteiger partial charge >= 0.3 is 11.9 Å². The highest BCUT2D eigenvalue weighted by Gasteiger charge is 2.46. The van der Waals surface area contributed by atoms with Crippen LogP contribution in [-0.4, -0.2) is 49.6 Å². The predicted octanol–water partition coefficient (Wildman–Crippen LogP) is -1.20. The van der Waals surface area contributed by atoms with Gasteiger partial charge in [0.1, 0.15) is 25.3 Å². The number of ether oxygens (including phenoxy) is 3. The fraction of sp³-hybridized carbons (Fsp3) is 0.667. The third-order valence-electron chi connectivity index (χ3n) is 2.99. The van der Waals surface area contributed by atoms with E-state index in [1.807, 2.05) is 0 Å². The molecule has 0 radical (unpaired) electrons. The fourth-order valence-electron chi connectivity index (χ4n) is 2.02. The smallest absolute Gasteiger partial charge is 0.304 e. The molecule has 8 heteroatoms. The Labute approximate surface area is 115 Å². The van der Waals surface area contributed by atoms with E-state index in [0.29, 0.717) is 12.6 Å². The van der Waals surface area contributed by atoms with Crippen LogP contribution in [0.5, 0.6) is 0 Å². The first-order chi connectivity index (χ1) is 9.40. The zero-order valence-electron chi connectivity index (χ0n) is 11.2. The molecule has 2 N–H and O–H groups in total. The fourth-order valence-corrected chi connectivity index (χ4v) is 2.02. The molecule has 5 atom stereocenters. The highest BCUT2D eigenvalue weighted by molar-refractivity contribution is 5.69. The standard InChI is InChI=1S/C12H17NO7/c1-6(16)18-5-10-8(3-14)9(4-15)11(13)12(20-10)19-7(2)17/h3-4,8-12H,5,13H2,1-2H3/t8-,9?,10?,11+,12-/m1/s1. The first kappa shape index (κ1) is 16.3. The number of rotatable bonds is 5. The molecule has 20 heavy (non-hydrogen) atoms. The molecule has 8 nitrogen and oxygen atoms in total. The molecule has 0 aliphatic carbocycles. The van der Waals surface area contributed by atoms with E-state index in [9.17, 15) is 19.2 Å². The van der Waals surface area contributed by atoms with Gasteiger partial charge in [0.2, 0.25) is 6.29 Å². The lowest BCUT2D eigenvalue weighted by molar-refractivity contribution is -0.231. The third kappa shape index (κ3) is 3.84. The zero-order chi connectivity index (χ0) is 15.3. The molecule has 0 spiro atoms. The van der Waals surface area contributed by atoms with Crippen LogP contribution in [0.1, 0.15) is 13.8 Å². The maximum Gasteiger partial charge on any atom is 0.304 e. The second kappa shape index (κ2) is 7.11. The van der Waals surface area contributed by atoms with Crippen molar-refractivity contribution in [1.29, 1.82) is 0 Å². The van der Waals surface area contributed by atoms with Gasteiger partial charge in [-0.1, -0.05) is 0 Å². The molecule has 112 valence electrons. The van der Waals surface area contributed by atoms with Gasteiger partial charge in [0.05, 0.1) is 12.0 Å². The summed E-state index contributed by atoms with van der Waals surface area (Å²) in [4.78, 5) is 44.0.